The van der Waals surface area contributed by atoms with Crippen LogP contribution in [0.15, 0.2) is 47.6 Å². The van der Waals surface area contributed by atoms with Gasteiger partial charge in [0.15, 0.2) is 0 Å². The molecule has 0 spiro atoms. The van der Waals surface area contributed by atoms with Crippen LogP contribution in [0.2, 0.25) is 5.02 Å². The smallest absolute Gasteiger partial charge is 0.489 e. The predicted molar refractivity (Wildman–Crippen MR) is 185 cm³/mol. The highest BCUT2D eigenvalue weighted by atomic mass is 35.5. The van der Waals surface area contributed by atoms with Gasteiger partial charge in [0.2, 0.25) is 11.8 Å². The van der Waals surface area contributed by atoms with Crippen molar-refractivity contribution < 1.29 is 37.4 Å². The summed E-state index contributed by atoms with van der Waals surface area (Å²) in [6.07, 6.45) is 5.67. The van der Waals surface area contributed by atoms with Gasteiger partial charge in [-0.3, -0.25) is 9.59 Å². The van der Waals surface area contributed by atoms with Crippen molar-refractivity contribution in [2.24, 2.45) is 5.92 Å². The number of carboxylic acids is 1. The molecule has 1 saturated heterocycles. The molecule has 2 amide bonds. The van der Waals surface area contributed by atoms with E-state index >= 15 is 0 Å². The molecule has 11 nitrogen and oxygen atoms in total. The van der Waals surface area contributed by atoms with Crippen molar-refractivity contribution >= 4 is 64.1 Å². The molecule has 1 aliphatic carbocycles. The Morgan fingerprint density at radius 1 is 1.10 bits per heavy atom. The summed E-state index contributed by atoms with van der Waals surface area (Å²) in [7, 11) is 0. The number of carbonyl (C=O) groups excluding carboxylic acids is 2. The Bertz CT molecular complexity index is 1680. The number of nitrogens with one attached hydrogen (secondary N) is 3. The van der Waals surface area contributed by atoms with E-state index in [1.165, 1.54) is 24.0 Å². The van der Waals surface area contributed by atoms with Gasteiger partial charge in [0.1, 0.15) is 29.8 Å². The number of nitrogens with zero attached hydrogens (tertiary/aromatic N) is 3. The third-order valence-electron chi connectivity index (χ3n) is 8.61. The number of hydrogen-bond acceptors (Lipinski definition) is 9. The van der Waals surface area contributed by atoms with E-state index in [0.29, 0.717) is 53.4 Å². The number of thiophene rings is 1. The molecule has 2 fully saturated rings. The number of carboxylic acid groups (broad SMARTS) is 1. The fraction of sp³-hybridized carbons (Fsp3) is 0.441. The third kappa shape index (κ3) is 10.1. The van der Waals surface area contributed by atoms with Crippen molar-refractivity contribution in [2.75, 3.05) is 36.8 Å². The minimum absolute atomic E-state index is 0.0210. The topological polar surface area (TPSA) is 146 Å². The normalized spacial score (nSPS) is 16.6. The molecule has 268 valence electrons. The van der Waals surface area contributed by atoms with Gasteiger partial charge >= 0.3 is 12.1 Å². The Morgan fingerprint density at radius 3 is 2.50 bits per heavy atom. The zero-order valence-corrected chi connectivity index (χ0v) is 28.7. The van der Waals surface area contributed by atoms with Crippen LogP contribution in [-0.2, 0) is 20.8 Å². The van der Waals surface area contributed by atoms with Gasteiger partial charge in [-0.05, 0) is 61.4 Å². The average Bonchev–Trinajstić information content (AvgIpc) is 3.78. The number of fused-ring (bicyclic) bond motifs is 1. The van der Waals surface area contributed by atoms with Gasteiger partial charge in [-0.15, -0.1) is 11.3 Å². The summed E-state index contributed by atoms with van der Waals surface area (Å²) in [4.78, 5) is 46.8. The van der Waals surface area contributed by atoms with Gasteiger partial charge in [0.25, 0.3) is 0 Å². The Hall–Kier alpha value is -4.37. The number of benzene rings is 1. The van der Waals surface area contributed by atoms with Crippen LogP contribution in [0.3, 0.4) is 0 Å². The number of aromatic nitrogens is 2. The summed E-state index contributed by atoms with van der Waals surface area (Å²) >= 11 is 8.35. The van der Waals surface area contributed by atoms with Crippen LogP contribution in [0.1, 0.15) is 55.4 Å². The molecule has 0 atom stereocenters. The monoisotopic (exact) mass is 734 g/mol. The molecular formula is C34H38ClF3N6O5S. The van der Waals surface area contributed by atoms with Crippen LogP contribution < -0.4 is 20.7 Å². The van der Waals surface area contributed by atoms with Crippen LogP contribution in [0.25, 0.3) is 6.08 Å². The van der Waals surface area contributed by atoms with E-state index in [1.54, 1.807) is 11.3 Å². The largest absolute Gasteiger partial charge is 0.490 e. The molecule has 6 rings (SSSR count). The van der Waals surface area contributed by atoms with Crippen LogP contribution in [0, 0.1) is 5.92 Å². The minimum atomic E-state index is -5.08. The maximum Gasteiger partial charge on any atom is 0.490 e. The summed E-state index contributed by atoms with van der Waals surface area (Å²) in [6, 6.07) is 9.68. The molecule has 0 unspecified atom stereocenters. The highest BCUT2D eigenvalue weighted by Crippen LogP contribution is 2.34. The van der Waals surface area contributed by atoms with Gasteiger partial charge in [-0.2, -0.15) is 13.2 Å². The number of anilines is 3. The van der Waals surface area contributed by atoms with Crippen molar-refractivity contribution in [1.82, 2.24) is 20.2 Å². The standard InChI is InChI=1S/C32H37ClN6O3S.C2HF3O2/c33-27-19-23(7-8-28(27)42-24-11-15-39(16-12-24)32(41)21-4-1-2-5-21)38-30-26-18-22(9-13-34-29(26)36-20-37-30)31(40)35-14-10-25-6-3-17-43-25;3-2(4,5)1(6)7/h3,6-8,17-21,24H,1-2,4-5,9-16H2,(H,35,40)(H2,34,36,37,38);(H,6,7). The number of amides is 2. The van der Waals surface area contributed by atoms with Gasteiger partial charge in [0, 0.05) is 61.1 Å². The van der Waals surface area contributed by atoms with E-state index in [-0.39, 0.29) is 17.9 Å². The van der Waals surface area contributed by atoms with E-state index in [4.69, 9.17) is 26.2 Å². The van der Waals surface area contributed by atoms with Gasteiger partial charge < -0.3 is 30.7 Å². The van der Waals surface area contributed by atoms with Gasteiger partial charge in [-0.1, -0.05) is 30.5 Å². The molecule has 1 saturated carbocycles. The van der Waals surface area contributed by atoms with Crippen molar-refractivity contribution in [3.63, 3.8) is 0 Å². The average molecular weight is 735 g/mol. The van der Waals surface area contributed by atoms with E-state index in [0.717, 1.165) is 56.4 Å². The number of aliphatic carboxylic acids is 1. The van der Waals surface area contributed by atoms with Gasteiger partial charge in [-0.25, -0.2) is 14.8 Å². The molecule has 0 radical (unpaired) electrons. The number of halogens is 4. The fourth-order valence-electron chi connectivity index (χ4n) is 6.00. The molecule has 2 aliphatic heterocycles. The van der Waals surface area contributed by atoms with Crippen molar-refractivity contribution in [2.45, 2.75) is 63.6 Å². The lowest BCUT2D eigenvalue weighted by atomic mass is 10.0. The van der Waals surface area contributed by atoms with Crippen LogP contribution >= 0.6 is 22.9 Å². The summed E-state index contributed by atoms with van der Waals surface area (Å²) in [5.41, 5.74) is 2.14. The maximum absolute atomic E-state index is 13.0. The highest BCUT2D eigenvalue weighted by molar-refractivity contribution is 7.09. The number of likely N-dealkylation sites (tertiary alicyclic amines) is 1. The molecule has 50 heavy (non-hydrogen) atoms. The third-order valence-corrected chi connectivity index (χ3v) is 9.84. The summed E-state index contributed by atoms with van der Waals surface area (Å²) in [6.45, 7) is 2.63. The first kappa shape index (κ1) is 36.9. The lowest BCUT2D eigenvalue weighted by Gasteiger charge is -2.33. The molecule has 16 heteroatoms. The van der Waals surface area contributed by atoms with Gasteiger partial charge in [0.05, 0.1) is 10.6 Å². The Labute approximate surface area is 296 Å². The molecule has 3 aromatic rings. The first-order valence-electron chi connectivity index (χ1n) is 16.4. The fourth-order valence-corrected chi connectivity index (χ4v) is 6.93. The second-order valence-electron chi connectivity index (χ2n) is 12.1. The summed E-state index contributed by atoms with van der Waals surface area (Å²) in [5, 5.41) is 19.4. The Morgan fingerprint density at radius 2 is 1.84 bits per heavy atom. The molecular weight excluding hydrogens is 697 g/mol. The Kier molecular flexibility index (Phi) is 12.6. The zero-order chi connectivity index (χ0) is 35.7. The van der Waals surface area contributed by atoms with Crippen molar-refractivity contribution in [3.05, 3.63) is 63.1 Å². The lowest BCUT2D eigenvalue weighted by molar-refractivity contribution is -0.192. The second kappa shape index (κ2) is 17.0. The number of hydrogen-bond donors (Lipinski definition) is 4. The number of piperidine rings is 1. The zero-order valence-electron chi connectivity index (χ0n) is 27.1. The number of ether oxygens (including phenoxy) is 1. The number of rotatable bonds is 9. The van der Waals surface area contributed by atoms with Crippen LogP contribution in [0.4, 0.5) is 30.5 Å². The highest BCUT2D eigenvalue weighted by Gasteiger charge is 2.38. The quantitative estimate of drug-likeness (QED) is 0.189. The summed E-state index contributed by atoms with van der Waals surface area (Å²) < 4.78 is 38.0. The van der Waals surface area contributed by atoms with E-state index in [1.807, 2.05) is 40.6 Å². The van der Waals surface area contributed by atoms with E-state index in [2.05, 4.69) is 32.0 Å². The van der Waals surface area contributed by atoms with Crippen molar-refractivity contribution in [1.29, 1.82) is 0 Å². The number of alkyl halides is 3. The molecule has 3 aliphatic rings. The molecule has 1 aromatic carbocycles. The van der Waals surface area contributed by atoms with Crippen molar-refractivity contribution in [3.8, 4) is 5.75 Å². The van der Waals surface area contributed by atoms with E-state index in [9.17, 15) is 22.8 Å². The SMILES string of the molecule is O=C(NCCc1cccs1)C1=Cc2c(ncnc2Nc2ccc(OC3CCN(C(=O)C4CCCC4)CC3)c(Cl)c2)NCC1.O=C(O)C(F)(F)F. The first-order chi connectivity index (χ1) is 24.0. The molecule has 4 heterocycles. The molecule has 0 bridgehead atoms. The first-order valence-corrected chi connectivity index (χ1v) is 17.7. The maximum atomic E-state index is 13.0. The summed E-state index contributed by atoms with van der Waals surface area (Å²) in [5.74, 6) is -0.438. The molecule has 4 N–H and O–H groups in total. The minimum Gasteiger partial charge on any atom is -0.489 e. The second-order valence-corrected chi connectivity index (χ2v) is 13.6. The molecule has 2 aromatic heterocycles. The lowest BCUT2D eigenvalue weighted by Crippen LogP contribution is -2.44. The van der Waals surface area contributed by atoms with Crippen LogP contribution in [-0.4, -0.2) is 76.2 Å². The van der Waals surface area contributed by atoms with Crippen LogP contribution in [0.5, 0.6) is 5.75 Å². The Balaban J connectivity index is 0.000000630. The predicted octanol–water partition coefficient (Wildman–Crippen LogP) is 6.69. The number of carbonyl (C=O) groups is 3. The van der Waals surface area contributed by atoms with E-state index < -0.39 is 12.1 Å².